The number of aromatic hydroxyl groups is 1. The Labute approximate surface area is 142 Å². The summed E-state index contributed by atoms with van der Waals surface area (Å²) in [5.74, 6) is 1.31. The molecule has 0 saturated carbocycles. The molecule has 0 radical (unpaired) electrons. The van der Waals surface area contributed by atoms with E-state index in [0.29, 0.717) is 6.04 Å². The van der Waals surface area contributed by atoms with Crippen LogP contribution in [-0.4, -0.2) is 52.9 Å². The SMILES string of the molecule is Cc1cccc(O)c1-c1cc2c(nn1)N([C@@H]1CCCN(C)C1)CC2. The van der Waals surface area contributed by atoms with E-state index in [9.17, 15) is 5.11 Å². The molecule has 1 aromatic heterocycles. The number of anilines is 1. The molecule has 1 saturated heterocycles. The van der Waals surface area contributed by atoms with Gasteiger partial charge in [0.2, 0.25) is 0 Å². The number of fused-ring (bicyclic) bond motifs is 1. The Morgan fingerprint density at radius 3 is 2.88 bits per heavy atom. The van der Waals surface area contributed by atoms with Gasteiger partial charge in [0.1, 0.15) is 5.75 Å². The zero-order chi connectivity index (χ0) is 16.7. The fourth-order valence-corrected chi connectivity index (χ4v) is 4.05. The van der Waals surface area contributed by atoms with Crippen molar-refractivity contribution in [2.45, 2.75) is 32.2 Å². The summed E-state index contributed by atoms with van der Waals surface area (Å²) in [7, 11) is 2.19. The van der Waals surface area contributed by atoms with Gasteiger partial charge in [-0.15, -0.1) is 10.2 Å². The number of hydrogen-bond acceptors (Lipinski definition) is 5. The molecular formula is C19H24N4O. The van der Waals surface area contributed by atoms with Crippen molar-refractivity contribution in [2.24, 2.45) is 0 Å². The van der Waals surface area contributed by atoms with Gasteiger partial charge in [-0.2, -0.15) is 0 Å². The van der Waals surface area contributed by atoms with Gasteiger partial charge in [-0.1, -0.05) is 12.1 Å². The highest BCUT2D eigenvalue weighted by Crippen LogP contribution is 2.35. The molecule has 0 amide bonds. The number of aromatic nitrogens is 2. The Balaban J connectivity index is 1.66. The minimum absolute atomic E-state index is 0.271. The fraction of sp³-hybridized carbons (Fsp3) is 0.474. The van der Waals surface area contributed by atoms with Crippen molar-refractivity contribution < 1.29 is 5.11 Å². The number of phenols is 1. The summed E-state index contributed by atoms with van der Waals surface area (Å²) in [6.07, 6.45) is 3.48. The summed E-state index contributed by atoms with van der Waals surface area (Å²) in [5, 5.41) is 19.2. The zero-order valence-electron chi connectivity index (χ0n) is 14.4. The van der Waals surface area contributed by atoms with Crippen LogP contribution in [0.1, 0.15) is 24.0 Å². The summed E-state index contributed by atoms with van der Waals surface area (Å²) in [5.41, 5.74) is 3.83. The molecule has 0 unspecified atom stereocenters. The van der Waals surface area contributed by atoms with Gasteiger partial charge in [0.15, 0.2) is 5.82 Å². The molecule has 24 heavy (non-hydrogen) atoms. The van der Waals surface area contributed by atoms with Crippen LogP contribution in [0.25, 0.3) is 11.3 Å². The molecule has 0 aliphatic carbocycles. The maximum absolute atomic E-state index is 10.2. The Morgan fingerprint density at radius 1 is 1.21 bits per heavy atom. The number of benzene rings is 1. The molecule has 0 bridgehead atoms. The largest absolute Gasteiger partial charge is 0.507 e. The molecule has 0 spiro atoms. The standard InChI is InChI=1S/C19H24N4O/c1-13-5-3-7-17(24)18(13)16-11-14-8-10-23(19(14)21-20-16)15-6-4-9-22(2)12-15/h3,5,7,11,15,24H,4,6,8-10,12H2,1-2H3/t15-/m1/s1. The van der Waals surface area contributed by atoms with E-state index < -0.39 is 0 Å². The first-order valence-electron chi connectivity index (χ1n) is 8.74. The molecular weight excluding hydrogens is 300 g/mol. The van der Waals surface area contributed by atoms with Crippen LogP contribution in [0, 0.1) is 6.92 Å². The van der Waals surface area contributed by atoms with Crippen LogP contribution in [0.3, 0.4) is 0 Å². The average molecular weight is 324 g/mol. The van der Waals surface area contributed by atoms with Crippen molar-refractivity contribution in [3.05, 3.63) is 35.4 Å². The van der Waals surface area contributed by atoms with Crippen LogP contribution in [-0.2, 0) is 6.42 Å². The summed E-state index contributed by atoms with van der Waals surface area (Å²) >= 11 is 0. The van der Waals surface area contributed by atoms with Crippen molar-refractivity contribution >= 4 is 5.82 Å². The van der Waals surface area contributed by atoms with E-state index in [4.69, 9.17) is 0 Å². The maximum atomic E-state index is 10.2. The normalized spacial score (nSPS) is 21.1. The summed E-state index contributed by atoms with van der Waals surface area (Å²) < 4.78 is 0. The zero-order valence-corrected chi connectivity index (χ0v) is 14.4. The first-order valence-corrected chi connectivity index (χ1v) is 8.74. The molecule has 1 atom stereocenters. The number of rotatable bonds is 2. The van der Waals surface area contributed by atoms with Crippen LogP contribution in [0.5, 0.6) is 5.75 Å². The lowest BCUT2D eigenvalue weighted by Crippen LogP contribution is -2.46. The predicted octanol–water partition coefficient (Wildman–Crippen LogP) is 2.61. The molecule has 1 aromatic carbocycles. The topological polar surface area (TPSA) is 52.5 Å². The van der Waals surface area contributed by atoms with Gasteiger partial charge in [-0.3, -0.25) is 0 Å². The van der Waals surface area contributed by atoms with Crippen LogP contribution >= 0.6 is 0 Å². The van der Waals surface area contributed by atoms with Crippen molar-refractivity contribution in [2.75, 3.05) is 31.6 Å². The summed E-state index contributed by atoms with van der Waals surface area (Å²) in [6, 6.07) is 8.21. The Kier molecular flexibility index (Phi) is 3.88. The van der Waals surface area contributed by atoms with Crippen molar-refractivity contribution in [3.8, 4) is 17.0 Å². The molecule has 2 aromatic rings. The van der Waals surface area contributed by atoms with E-state index in [1.165, 1.54) is 24.9 Å². The molecule has 4 rings (SSSR count). The average Bonchev–Trinajstić information content (AvgIpc) is 2.98. The Hall–Kier alpha value is -2.14. The van der Waals surface area contributed by atoms with Crippen LogP contribution in [0.2, 0.25) is 0 Å². The Morgan fingerprint density at radius 2 is 2.08 bits per heavy atom. The van der Waals surface area contributed by atoms with Gasteiger partial charge in [0.05, 0.1) is 5.69 Å². The van der Waals surface area contributed by atoms with Crippen molar-refractivity contribution in [1.29, 1.82) is 0 Å². The maximum Gasteiger partial charge on any atom is 0.154 e. The van der Waals surface area contributed by atoms with Crippen molar-refractivity contribution in [1.82, 2.24) is 15.1 Å². The smallest absolute Gasteiger partial charge is 0.154 e. The fourth-order valence-electron chi connectivity index (χ4n) is 4.05. The molecule has 3 heterocycles. The second-order valence-electron chi connectivity index (χ2n) is 7.05. The van der Waals surface area contributed by atoms with Crippen LogP contribution in [0.4, 0.5) is 5.82 Å². The van der Waals surface area contributed by atoms with Gasteiger partial charge < -0.3 is 14.9 Å². The minimum Gasteiger partial charge on any atom is -0.507 e. The molecule has 2 aliphatic heterocycles. The third kappa shape index (κ3) is 2.63. The van der Waals surface area contributed by atoms with Gasteiger partial charge in [-0.05, 0) is 57.5 Å². The van der Waals surface area contributed by atoms with Gasteiger partial charge in [0.25, 0.3) is 0 Å². The molecule has 1 fully saturated rings. The molecule has 126 valence electrons. The molecule has 5 nitrogen and oxygen atoms in total. The monoisotopic (exact) mass is 324 g/mol. The van der Waals surface area contributed by atoms with E-state index in [0.717, 1.165) is 42.1 Å². The van der Waals surface area contributed by atoms with Crippen LogP contribution in [0.15, 0.2) is 24.3 Å². The highest BCUT2D eigenvalue weighted by atomic mass is 16.3. The Bertz CT molecular complexity index is 741. The number of aryl methyl sites for hydroxylation is 1. The van der Waals surface area contributed by atoms with Crippen molar-refractivity contribution in [3.63, 3.8) is 0 Å². The quantitative estimate of drug-likeness (QED) is 0.920. The lowest BCUT2D eigenvalue weighted by molar-refractivity contribution is 0.245. The lowest BCUT2D eigenvalue weighted by atomic mass is 10.0. The highest BCUT2D eigenvalue weighted by Gasteiger charge is 2.30. The number of likely N-dealkylation sites (N-methyl/N-ethyl adjacent to an activating group) is 1. The van der Waals surface area contributed by atoms with E-state index in [-0.39, 0.29) is 5.75 Å². The third-order valence-corrected chi connectivity index (χ3v) is 5.29. The summed E-state index contributed by atoms with van der Waals surface area (Å²) in [6.45, 7) is 5.30. The van der Waals surface area contributed by atoms with Crippen LogP contribution < -0.4 is 4.90 Å². The van der Waals surface area contributed by atoms with E-state index in [1.54, 1.807) is 6.07 Å². The van der Waals surface area contributed by atoms with Gasteiger partial charge in [0, 0.05) is 30.3 Å². The number of nitrogens with zero attached hydrogens (tertiary/aromatic N) is 4. The third-order valence-electron chi connectivity index (χ3n) is 5.29. The number of phenolic OH excluding ortho intramolecular Hbond substituents is 1. The molecule has 2 aliphatic rings. The molecule has 1 N–H and O–H groups in total. The molecule has 5 heteroatoms. The number of piperidine rings is 1. The van der Waals surface area contributed by atoms with Gasteiger partial charge in [-0.25, -0.2) is 0 Å². The van der Waals surface area contributed by atoms with E-state index in [2.05, 4.69) is 33.1 Å². The lowest BCUT2D eigenvalue weighted by Gasteiger charge is -2.36. The summed E-state index contributed by atoms with van der Waals surface area (Å²) in [4.78, 5) is 4.83. The minimum atomic E-state index is 0.271. The second-order valence-corrected chi connectivity index (χ2v) is 7.05. The van der Waals surface area contributed by atoms with Gasteiger partial charge >= 0.3 is 0 Å². The first-order chi connectivity index (χ1) is 11.6. The van der Waals surface area contributed by atoms with E-state index >= 15 is 0 Å². The number of likely N-dealkylation sites (tertiary alicyclic amines) is 1. The first kappa shape index (κ1) is 15.4. The second kappa shape index (κ2) is 6.06. The number of hydrogen-bond donors (Lipinski definition) is 1. The predicted molar refractivity (Wildman–Crippen MR) is 95.4 cm³/mol. The van der Waals surface area contributed by atoms with E-state index in [1.807, 2.05) is 19.1 Å². The highest BCUT2D eigenvalue weighted by molar-refractivity contribution is 5.72.